The Bertz CT molecular complexity index is 375. The maximum Gasteiger partial charge on any atom is 0.231 e. The molecule has 0 bridgehead atoms. The van der Waals surface area contributed by atoms with Crippen LogP contribution >= 0.6 is 0 Å². The molecule has 0 radical (unpaired) electrons. The Balaban J connectivity index is 2.12. The van der Waals surface area contributed by atoms with Crippen molar-refractivity contribution in [2.24, 2.45) is 17.8 Å². The Morgan fingerprint density at radius 3 is 2.29 bits per heavy atom. The van der Waals surface area contributed by atoms with E-state index in [1.54, 1.807) is 0 Å². The minimum Gasteiger partial charge on any atom is -0.454 e. The molecule has 2 nitrogen and oxygen atoms in total. The molecule has 1 aliphatic heterocycles. The molecule has 1 heterocycles. The van der Waals surface area contributed by atoms with E-state index >= 15 is 0 Å². The van der Waals surface area contributed by atoms with E-state index in [1.165, 1.54) is 5.56 Å². The third-order valence-corrected chi connectivity index (χ3v) is 3.62. The van der Waals surface area contributed by atoms with Crippen LogP contribution in [0.15, 0.2) is 18.2 Å². The van der Waals surface area contributed by atoms with Crippen LogP contribution in [-0.4, -0.2) is 6.79 Å². The molecule has 2 heteroatoms. The summed E-state index contributed by atoms with van der Waals surface area (Å²) in [6.07, 6.45) is 1.12. The lowest BCUT2D eigenvalue weighted by Gasteiger charge is -2.25. The third kappa shape index (κ3) is 2.74. The van der Waals surface area contributed by atoms with Crippen molar-refractivity contribution in [3.05, 3.63) is 23.8 Å². The summed E-state index contributed by atoms with van der Waals surface area (Å²) >= 11 is 0. The molecule has 1 aliphatic rings. The lowest BCUT2D eigenvalue weighted by Crippen LogP contribution is -2.18. The van der Waals surface area contributed by atoms with Gasteiger partial charge in [-0.15, -0.1) is 0 Å². The average Bonchev–Trinajstić information content (AvgIpc) is 2.71. The summed E-state index contributed by atoms with van der Waals surface area (Å²) in [6.45, 7) is 9.57. The zero-order valence-electron chi connectivity index (χ0n) is 11.2. The fourth-order valence-electron chi connectivity index (χ4n) is 2.58. The molecule has 0 aliphatic carbocycles. The normalized spacial score (nSPS) is 14.1. The second-order valence-corrected chi connectivity index (χ2v) is 5.54. The van der Waals surface area contributed by atoms with Crippen LogP contribution < -0.4 is 9.47 Å². The van der Waals surface area contributed by atoms with E-state index in [0.717, 1.165) is 23.8 Å². The molecule has 2 rings (SSSR count). The van der Waals surface area contributed by atoms with Crippen molar-refractivity contribution in [3.63, 3.8) is 0 Å². The summed E-state index contributed by atoms with van der Waals surface area (Å²) in [4.78, 5) is 0. The summed E-state index contributed by atoms with van der Waals surface area (Å²) in [5.74, 6) is 3.91. The van der Waals surface area contributed by atoms with Gasteiger partial charge >= 0.3 is 0 Å². The van der Waals surface area contributed by atoms with Crippen molar-refractivity contribution in [1.29, 1.82) is 0 Å². The first kappa shape index (κ1) is 12.3. The molecular weight excluding hydrogens is 212 g/mol. The van der Waals surface area contributed by atoms with Gasteiger partial charge in [0.05, 0.1) is 0 Å². The fourth-order valence-corrected chi connectivity index (χ4v) is 2.58. The van der Waals surface area contributed by atoms with Gasteiger partial charge in [-0.2, -0.15) is 0 Å². The van der Waals surface area contributed by atoms with Crippen molar-refractivity contribution in [3.8, 4) is 11.5 Å². The Morgan fingerprint density at radius 2 is 1.65 bits per heavy atom. The Hall–Kier alpha value is -1.18. The van der Waals surface area contributed by atoms with E-state index in [1.807, 2.05) is 6.07 Å². The highest BCUT2D eigenvalue weighted by Gasteiger charge is 2.20. The summed E-state index contributed by atoms with van der Waals surface area (Å²) in [5.41, 5.74) is 1.35. The van der Waals surface area contributed by atoms with E-state index in [9.17, 15) is 0 Å². The van der Waals surface area contributed by atoms with Crippen LogP contribution in [0.3, 0.4) is 0 Å². The Kier molecular flexibility index (Phi) is 3.60. The van der Waals surface area contributed by atoms with Crippen LogP contribution in [0.5, 0.6) is 11.5 Å². The molecule has 0 amide bonds. The van der Waals surface area contributed by atoms with Crippen molar-refractivity contribution in [1.82, 2.24) is 0 Å². The van der Waals surface area contributed by atoms with Gasteiger partial charge in [0.2, 0.25) is 6.79 Å². The van der Waals surface area contributed by atoms with Gasteiger partial charge in [0, 0.05) is 0 Å². The van der Waals surface area contributed by atoms with E-state index in [4.69, 9.17) is 9.47 Å². The van der Waals surface area contributed by atoms with Gasteiger partial charge in [-0.25, -0.2) is 0 Å². The third-order valence-electron chi connectivity index (χ3n) is 3.62. The van der Waals surface area contributed by atoms with Crippen LogP contribution in [0.1, 0.15) is 33.3 Å². The lowest BCUT2D eigenvalue weighted by atomic mass is 9.81. The van der Waals surface area contributed by atoms with Gasteiger partial charge in [-0.1, -0.05) is 33.8 Å². The standard InChI is InChI=1S/C15H22O2/c1-10(2)13(11(3)4)7-12-5-6-14-15(8-12)17-9-16-14/h5-6,8,10-11,13H,7,9H2,1-4H3. The zero-order chi connectivity index (χ0) is 12.4. The topological polar surface area (TPSA) is 18.5 Å². The highest BCUT2D eigenvalue weighted by Crippen LogP contribution is 2.34. The first-order valence-corrected chi connectivity index (χ1v) is 6.46. The first-order valence-electron chi connectivity index (χ1n) is 6.46. The summed E-state index contributed by atoms with van der Waals surface area (Å²) < 4.78 is 10.8. The number of hydrogen-bond acceptors (Lipinski definition) is 2. The molecule has 0 saturated carbocycles. The molecule has 0 saturated heterocycles. The molecule has 17 heavy (non-hydrogen) atoms. The van der Waals surface area contributed by atoms with Gasteiger partial charge in [-0.05, 0) is 41.9 Å². The molecule has 0 spiro atoms. The highest BCUT2D eigenvalue weighted by molar-refractivity contribution is 5.44. The van der Waals surface area contributed by atoms with E-state index in [-0.39, 0.29) is 0 Å². The summed E-state index contributed by atoms with van der Waals surface area (Å²) in [5, 5.41) is 0. The largest absolute Gasteiger partial charge is 0.454 e. The van der Waals surface area contributed by atoms with Crippen molar-refractivity contribution >= 4 is 0 Å². The van der Waals surface area contributed by atoms with Crippen LogP contribution in [0.25, 0.3) is 0 Å². The molecular formula is C15H22O2. The van der Waals surface area contributed by atoms with Crippen LogP contribution in [0.4, 0.5) is 0 Å². The molecule has 0 fully saturated rings. The number of hydrogen-bond donors (Lipinski definition) is 0. The quantitative estimate of drug-likeness (QED) is 0.787. The predicted molar refractivity (Wildman–Crippen MR) is 69.4 cm³/mol. The maximum atomic E-state index is 5.42. The Labute approximate surface area is 104 Å². The van der Waals surface area contributed by atoms with Crippen LogP contribution in [-0.2, 0) is 6.42 Å². The van der Waals surface area contributed by atoms with Gasteiger partial charge in [0.25, 0.3) is 0 Å². The summed E-state index contributed by atoms with van der Waals surface area (Å²) in [6, 6.07) is 6.31. The van der Waals surface area contributed by atoms with Crippen molar-refractivity contribution < 1.29 is 9.47 Å². The van der Waals surface area contributed by atoms with Gasteiger partial charge < -0.3 is 9.47 Å². The van der Waals surface area contributed by atoms with Crippen LogP contribution in [0.2, 0.25) is 0 Å². The number of ether oxygens (including phenoxy) is 2. The molecule has 0 atom stereocenters. The van der Waals surface area contributed by atoms with Crippen LogP contribution in [0, 0.1) is 17.8 Å². The second kappa shape index (κ2) is 4.99. The monoisotopic (exact) mass is 234 g/mol. The SMILES string of the molecule is CC(C)C(Cc1ccc2c(c1)OCO2)C(C)C. The molecule has 0 unspecified atom stereocenters. The highest BCUT2D eigenvalue weighted by atomic mass is 16.7. The molecule has 0 N–H and O–H groups in total. The lowest BCUT2D eigenvalue weighted by molar-refractivity contribution is 0.174. The molecule has 0 aromatic heterocycles. The molecule has 94 valence electrons. The Morgan fingerprint density at radius 1 is 1.00 bits per heavy atom. The fraction of sp³-hybridized carbons (Fsp3) is 0.600. The number of rotatable bonds is 4. The summed E-state index contributed by atoms with van der Waals surface area (Å²) in [7, 11) is 0. The molecule has 1 aromatic carbocycles. The predicted octanol–water partition coefficient (Wildman–Crippen LogP) is 3.89. The first-order chi connectivity index (χ1) is 8.08. The smallest absolute Gasteiger partial charge is 0.231 e. The van der Waals surface area contributed by atoms with Gasteiger partial charge in [0.1, 0.15) is 0 Å². The van der Waals surface area contributed by atoms with E-state index in [0.29, 0.717) is 18.6 Å². The van der Waals surface area contributed by atoms with E-state index in [2.05, 4.69) is 39.8 Å². The maximum absolute atomic E-state index is 5.42. The van der Waals surface area contributed by atoms with E-state index < -0.39 is 0 Å². The minimum absolute atomic E-state index is 0.358. The molecule has 1 aromatic rings. The zero-order valence-corrected chi connectivity index (χ0v) is 11.2. The minimum atomic E-state index is 0.358. The second-order valence-electron chi connectivity index (χ2n) is 5.54. The van der Waals surface area contributed by atoms with Crippen molar-refractivity contribution in [2.75, 3.05) is 6.79 Å². The van der Waals surface area contributed by atoms with Gasteiger partial charge in [-0.3, -0.25) is 0 Å². The van der Waals surface area contributed by atoms with Crippen molar-refractivity contribution in [2.45, 2.75) is 34.1 Å². The number of fused-ring (bicyclic) bond motifs is 1. The average molecular weight is 234 g/mol. The number of benzene rings is 1. The van der Waals surface area contributed by atoms with Gasteiger partial charge in [0.15, 0.2) is 11.5 Å².